The van der Waals surface area contributed by atoms with Crippen LogP contribution in [0.4, 0.5) is 10.9 Å². The summed E-state index contributed by atoms with van der Waals surface area (Å²) in [5.41, 5.74) is 3.77. The van der Waals surface area contributed by atoms with Gasteiger partial charge in [-0.1, -0.05) is 13.8 Å². The third-order valence-electron chi connectivity index (χ3n) is 13.5. The molecule has 2 unspecified atom stereocenters. The summed E-state index contributed by atoms with van der Waals surface area (Å²) in [5.74, 6) is 3.37. The first-order chi connectivity index (χ1) is 32.4. The van der Waals surface area contributed by atoms with Crippen LogP contribution in [-0.4, -0.2) is 109 Å². The fraction of sp³-hybridized carbons (Fsp3) is 0.500. The number of nitrogens with zero attached hydrogens (tertiary/aromatic N) is 6. The average molecular weight is 989 g/mol. The van der Waals surface area contributed by atoms with Gasteiger partial charge in [-0.05, 0) is 80.4 Å². The summed E-state index contributed by atoms with van der Waals surface area (Å²) < 4.78 is 73.1. The van der Waals surface area contributed by atoms with Crippen LogP contribution in [0.2, 0.25) is 0 Å². The number of aromatic nitrogens is 4. The largest absolute Gasteiger partial charge is 0.491 e. The average Bonchev–Trinajstić information content (AvgIpc) is 4.23. The number of sulfonamides is 2. The van der Waals surface area contributed by atoms with Crippen molar-refractivity contribution in [2.45, 2.75) is 64.5 Å². The maximum atomic E-state index is 13.0. The third kappa shape index (κ3) is 10.6. The maximum Gasteiger partial charge on any atom is 0.261 e. The third-order valence-corrected chi connectivity index (χ3v) is 17.2. The molecule has 2 saturated heterocycles. The van der Waals surface area contributed by atoms with E-state index in [2.05, 4.69) is 27.5 Å². The normalized spacial score (nSPS) is 21.6. The molecule has 0 bridgehead atoms. The van der Waals surface area contributed by atoms with Crippen LogP contribution in [0.25, 0.3) is 43.3 Å². The molecule has 4 atom stereocenters. The van der Waals surface area contributed by atoms with E-state index in [0.717, 1.165) is 44.1 Å². The van der Waals surface area contributed by atoms with Crippen LogP contribution < -0.4 is 31.2 Å². The lowest BCUT2D eigenvalue weighted by molar-refractivity contribution is 0.260. The second kappa shape index (κ2) is 19.3. The van der Waals surface area contributed by atoms with Crippen LogP contribution in [0.5, 0.6) is 11.5 Å². The molecule has 0 amide bonds. The van der Waals surface area contributed by atoms with Crippen LogP contribution in [0, 0.1) is 23.7 Å². The Hall–Kier alpha value is -5.28. The Morgan fingerprint density at radius 3 is 1.71 bits per heavy atom. The van der Waals surface area contributed by atoms with Crippen LogP contribution >= 0.6 is 11.3 Å². The van der Waals surface area contributed by atoms with E-state index in [1.54, 1.807) is 75.9 Å². The number of piperidine rings is 2. The van der Waals surface area contributed by atoms with Crippen molar-refractivity contribution in [3.63, 3.8) is 0 Å². The molecule has 0 spiro atoms. The van der Waals surface area contributed by atoms with Crippen molar-refractivity contribution in [1.29, 1.82) is 0 Å². The van der Waals surface area contributed by atoms with Crippen LogP contribution in [0.15, 0.2) is 75.5 Å². The number of ether oxygens (including phenoxy) is 2. The molecular weight excluding hydrogens is 929 g/mol. The van der Waals surface area contributed by atoms with Gasteiger partial charge < -0.3 is 33.7 Å². The van der Waals surface area contributed by atoms with E-state index in [4.69, 9.17) is 13.9 Å². The minimum atomic E-state index is -3.21. The number of fused-ring (bicyclic) bond motifs is 2. The standard InChI is InChI=1S/C24H30N4O5S.C24H30N4O4S2/c2*1-15-12-28(34(3,30)31)9-7-20(15)26-22-10-18-23(33-22)19(13-27(2)24(18)29)17-6-8-25-11-21(17)32-14-16-4-5-16/h2*6,8,10-11,13,15-16,20,26H,4-5,7,9,12,14H2,1-3H3/t2*15-,20?/m11/s1. The topological polar surface area (TPSA) is 200 Å². The lowest BCUT2D eigenvalue weighted by atomic mass is 9.95. The lowest BCUT2D eigenvalue weighted by Crippen LogP contribution is -2.47. The highest BCUT2D eigenvalue weighted by Gasteiger charge is 2.33. The fourth-order valence-corrected chi connectivity index (χ4v) is 12.1. The van der Waals surface area contributed by atoms with E-state index in [-0.39, 0.29) is 35.0 Å². The second-order valence-electron chi connectivity index (χ2n) is 19.2. The van der Waals surface area contributed by atoms with Gasteiger partial charge in [0.25, 0.3) is 11.1 Å². The predicted octanol–water partition coefficient (Wildman–Crippen LogP) is 6.60. The summed E-state index contributed by atoms with van der Waals surface area (Å²) in [4.78, 5) is 34.3. The summed E-state index contributed by atoms with van der Waals surface area (Å²) in [6.07, 6.45) is 19.2. The molecule has 68 heavy (non-hydrogen) atoms. The van der Waals surface area contributed by atoms with Crippen molar-refractivity contribution in [1.82, 2.24) is 27.7 Å². The van der Waals surface area contributed by atoms with Gasteiger partial charge in [0.2, 0.25) is 20.0 Å². The highest BCUT2D eigenvalue weighted by molar-refractivity contribution is 7.88. The van der Waals surface area contributed by atoms with Crippen LogP contribution in [-0.2, 0) is 34.1 Å². The molecule has 4 aliphatic rings. The number of hydrogen-bond donors (Lipinski definition) is 2. The highest BCUT2D eigenvalue weighted by Crippen LogP contribution is 2.41. The molecule has 2 saturated carbocycles. The van der Waals surface area contributed by atoms with Gasteiger partial charge in [-0.15, -0.1) is 11.3 Å². The van der Waals surface area contributed by atoms with Crippen LogP contribution in [0.1, 0.15) is 52.4 Å². The zero-order chi connectivity index (χ0) is 48.1. The molecule has 2 aliphatic heterocycles. The minimum Gasteiger partial charge on any atom is -0.491 e. The molecule has 17 nitrogen and oxygen atoms in total. The number of pyridine rings is 4. The number of nitrogens with one attached hydrogen (secondary N) is 2. The number of hydrogen-bond acceptors (Lipinski definition) is 14. The van der Waals surface area contributed by atoms with Crippen molar-refractivity contribution in [2.75, 3.05) is 62.5 Å². The second-order valence-corrected chi connectivity index (χ2v) is 24.2. The van der Waals surface area contributed by atoms with Crippen molar-refractivity contribution in [2.24, 2.45) is 37.8 Å². The molecule has 0 radical (unpaired) electrons. The van der Waals surface area contributed by atoms with Gasteiger partial charge in [-0.25, -0.2) is 25.4 Å². The zero-order valence-corrected chi connectivity index (χ0v) is 41.8. The summed E-state index contributed by atoms with van der Waals surface area (Å²) in [6.45, 7) is 7.31. The monoisotopic (exact) mass is 988 g/mol. The number of anilines is 2. The van der Waals surface area contributed by atoms with Gasteiger partial charge in [0.1, 0.15) is 11.5 Å². The molecule has 4 fully saturated rings. The van der Waals surface area contributed by atoms with Crippen molar-refractivity contribution < 1.29 is 30.7 Å². The van der Waals surface area contributed by atoms with Crippen molar-refractivity contribution in [3.05, 3.63) is 82.2 Å². The molecule has 6 aromatic rings. The maximum absolute atomic E-state index is 13.0. The first kappa shape index (κ1) is 47.8. The Bertz CT molecular complexity index is 2960. The summed E-state index contributed by atoms with van der Waals surface area (Å²) in [6, 6.07) is 7.65. The van der Waals surface area contributed by atoms with E-state index in [9.17, 15) is 26.4 Å². The molecule has 6 aromatic heterocycles. The Balaban J connectivity index is 0.000000170. The summed E-state index contributed by atoms with van der Waals surface area (Å²) in [7, 11) is -2.91. The zero-order valence-electron chi connectivity index (χ0n) is 39.3. The van der Waals surface area contributed by atoms with E-state index in [1.807, 2.05) is 31.3 Å². The molecule has 2 aliphatic carbocycles. The van der Waals surface area contributed by atoms with Gasteiger partial charge >= 0.3 is 0 Å². The SMILES string of the molecule is C[C@@H]1CN(S(C)(=O)=O)CCC1Nc1cc2c(=O)n(C)cc(-c3ccncc3OCC3CC3)c2o1.C[C@@H]1CN(S(C)(=O)=O)CCC1Nc1cc2c(=O)n(C)cc(-c3ccncc3OCC3CC3)c2s1. The fourth-order valence-electron chi connectivity index (χ4n) is 9.06. The Labute approximate surface area is 400 Å². The van der Waals surface area contributed by atoms with Gasteiger partial charge in [-0.2, -0.15) is 0 Å². The van der Waals surface area contributed by atoms with E-state index in [0.29, 0.717) is 85.6 Å². The van der Waals surface area contributed by atoms with Crippen LogP contribution in [0.3, 0.4) is 0 Å². The Kier molecular flexibility index (Phi) is 13.5. The predicted molar refractivity (Wildman–Crippen MR) is 267 cm³/mol. The summed E-state index contributed by atoms with van der Waals surface area (Å²) >= 11 is 1.56. The molecule has 8 heterocycles. The number of furan rings is 1. The highest BCUT2D eigenvalue weighted by atomic mass is 32.2. The number of thiophene rings is 1. The van der Waals surface area contributed by atoms with Crippen molar-refractivity contribution >= 4 is 63.3 Å². The van der Waals surface area contributed by atoms with E-state index in [1.165, 1.54) is 42.5 Å². The van der Waals surface area contributed by atoms with Crippen molar-refractivity contribution in [3.8, 4) is 33.8 Å². The van der Waals surface area contributed by atoms with E-state index >= 15 is 0 Å². The quantitative estimate of drug-likeness (QED) is 0.119. The van der Waals surface area contributed by atoms with Gasteiger partial charge in [-0.3, -0.25) is 19.6 Å². The Morgan fingerprint density at radius 1 is 0.691 bits per heavy atom. The molecule has 20 heteroatoms. The van der Waals surface area contributed by atoms with Gasteiger partial charge in [0.05, 0.1) is 58.6 Å². The van der Waals surface area contributed by atoms with E-state index < -0.39 is 20.0 Å². The molecule has 364 valence electrons. The molecule has 10 rings (SSSR count). The Morgan fingerprint density at radius 2 is 1.19 bits per heavy atom. The smallest absolute Gasteiger partial charge is 0.261 e. The number of aryl methyl sites for hydroxylation is 2. The molecular formula is C48H60N8O9S3. The lowest BCUT2D eigenvalue weighted by Gasteiger charge is -2.36. The summed E-state index contributed by atoms with van der Waals surface area (Å²) in [5, 5.41) is 9.05. The van der Waals surface area contributed by atoms with Gasteiger partial charge in [0, 0.05) is 105 Å². The minimum absolute atomic E-state index is 0.0317. The number of rotatable bonds is 14. The molecule has 2 N–H and O–H groups in total. The first-order valence-electron chi connectivity index (χ1n) is 23.2. The first-order valence-corrected chi connectivity index (χ1v) is 27.8. The molecule has 0 aromatic carbocycles. The van der Waals surface area contributed by atoms with Gasteiger partial charge in [0.15, 0.2) is 11.5 Å².